The van der Waals surface area contributed by atoms with Gasteiger partial charge in [-0.3, -0.25) is 9.59 Å². The van der Waals surface area contributed by atoms with Gasteiger partial charge in [-0.05, 0) is 24.8 Å². The second-order valence-electron chi connectivity index (χ2n) is 7.05. The predicted octanol–water partition coefficient (Wildman–Crippen LogP) is 2.36. The van der Waals surface area contributed by atoms with E-state index in [0.29, 0.717) is 25.3 Å². The molecule has 1 unspecified atom stereocenters. The molecule has 1 aliphatic heterocycles. The number of amides is 2. The van der Waals surface area contributed by atoms with Gasteiger partial charge in [0.05, 0.1) is 0 Å². The zero-order valence-electron chi connectivity index (χ0n) is 15.0. The number of nitrogens with zero attached hydrogens (tertiary/aromatic N) is 3. The van der Waals surface area contributed by atoms with Crippen LogP contribution in [0.15, 0.2) is 36.5 Å². The Kier molecular flexibility index (Phi) is 4.49. The van der Waals surface area contributed by atoms with Crippen molar-refractivity contribution in [1.29, 1.82) is 0 Å². The molecule has 6 heteroatoms. The minimum atomic E-state index is -0.231. The van der Waals surface area contributed by atoms with Crippen molar-refractivity contribution in [3.05, 3.63) is 53.6 Å². The van der Waals surface area contributed by atoms with E-state index in [4.69, 9.17) is 0 Å². The fourth-order valence-electron chi connectivity index (χ4n) is 3.52. The average Bonchev–Trinajstić information content (AvgIpc) is 3.43. The predicted molar refractivity (Wildman–Crippen MR) is 97.6 cm³/mol. The summed E-state index contributed by atoms with van der Waals surface area (Å²) in [5.41, 5.74) is 1.46. The third-order valence-electron chi connectivity index (χ3n) is 5.04. The minimum Gasteiger partial charge on any atom is -0.351 e. The van der Waals surface area contributed by atoms with Gasteiger partial charge in [0.1, 0.15) is 17.6 Å². The van der Waals surface area contributed by atoms with Crippen LogP contribution in [0.4, 0.5) is 0 Å². The lowest BCUT2D eigenvalue weighted by molar-refractivity contribution is -0.135. The van der Waals surface area contributed by atoms with Crippen LogP contribution in [0.1, 0.15) is 54.1 Å². The highest BCUT2D eigenvalue weighted by molar-refractivity contribution is 5.92. The summed E-state index contributed by atoms with van der Waals surface area (Å²) in [6, 6.07) is 9.75. The lowest BCUT2D eigenvalue weighted by Gasteiger charge is -2.36. The van der Waals surface area contributed by atoms with Crippen molar-refractivity contribution < 1.29 is 9.59 Å². The Hall–Kier alpha value is -2.63. The van der Waals surface area contributed by atoms with E-state index in [1.54, 1.807) is 0 Å². The number of imidazole rings is 1. The number of benzene rings is 1. The number of carbonyl (C=O) groups excluding carboxylic acids is 2. The highest BCUT2D eigenvalue weighted by Gasteiger charge is 2.40. The molecule has 0 radical (unpaired) electrons. The second-order valence-corrected chi connectivity index (χ2v) is 7.05. The molecule has 2 heterocycles. The van der Waals surface area contributed by atoms with Gasteiger partial charge in [-0.2, -0.15) is 0 Å². The standard InChI is InChI=1S/C20H24N4O2/c1-2-10-21-19(25)16-13-23-11-12-24(20(26)15-8-9-15)17(18(23)22-16)14-6-4-3-5-7-14/h3-7,13,15,17H,2,8-12H2,1H3,(H,21,25). The number of aromatic nitrogens is 2. The lowest BCUT2D eigenvalue weighted by atomic mass is 10.0. The summed E-state index contributed by atoms with van der Waals surface area (Å²) in [5, 5.41) is 2.88. The van der Waals surface area contributed by atoms with Crippen LogP contribution < -0.4 is 5.32 Å². The third kappa shape index (κ3) is 3.11. The van der Waals surface area contributed by atoms with Crippen molar-refractivity contribution in [2.75, 3.05) is 13.1 Å². The van der Waals surface area contributed by atoms with E-state index in [1.165, 1.54) is 0 Å². The molecule has 0 bridgehead atoms. The highest BCUT2D eigenvalue weighted by Crippen LogP contribution is 2.38. The molecule has 2 aromatic rings. The van der Waals surface area contributed by atoms with Crippen LogP contribution in [0, 0.1) is 5.92 Å². The maximum atomic E-state index is 12.8. The first-order valence-corrected chi connectivity index (χ1v) is 9.39. The molecule has 2 amide bonds. The van der Waals surface area contributed by atoms with Crippen molar-refractivity contribution in [3.8, 4) is 0 Å². The average molecular weight is 352 g/mol. The quantitative estimate of drug-likeness (QED) is 0.898. The van der Waals surface area contributed by atoms with Gasteiger partial charge in [0.25, 0.3) is 5.91 Å². The smallest absolute Gasteiger partial charge is 0.271 e. The Morgan fingerprint density at radius 1 is 1.19 bits per heavy atom. The fourth-order valence-corrected chi connectivity index (χ4v) is 3.52. The number of carbonyl (C=O) groups is 2. The van der Waals surface area contributed by atoms with Crippen LogP contribution in [0.5, 0.6) is 0 Å². The molecule has 2 aliphatic rings. The topological polar surface area (TPSA) is 67.2 Å². The first kappa shape index (κ1) is 16.8. The van der Waals surface area contributed by atoms with Crippen molar-refractivity contribution >= 4 is 11.8 Å². The molecule has 1 atom stereocenters. The van der Waals surface area contributed by atoms with E-state index in [9.17, 15) is 9.59 Å². The van der Waals surface area contributed by atoms with Gasteiger partial charge >= 0.3 is 0 Å². The van der Waals surface area contributed by atoms with Crippen LogP contribution in [-0.4, -0.2) is 39.4 Å². The molecule has 0 spiro atoms. The molecule has 1 saturated carbocycles. The number of hydrogen-bond donors (Lipinski definition) is 1. The van der Waals surface area contributed by atoms with E-state index in [2.05, 4.69) is 10.3 Å². The Morgan fingerprint density at radius 2 is 1.96 bits per heavy atom. The summed E-state index contributed by atoms with van der Waals surface area (Å²) in [6.07, 6.45) is 4.66. The number of rotatable bonds is 5. The van der Waals surface area contributed by atoms with Gasteiger partial charge in [0.2, 0.25) is 5.91 Å². The monoisotopic (exact) mass is 352 g/mol. The van der Waals surface area contributed by atoms with Crippen LogP contribution >= 0.6 is 0 Å². The molecule has 1 aromatic heterocycles. The zero-order valence-corrected chi connectivity index (χ0v) is 15.0. The van der Waals surface area contributed by atoms with Crippen molar-refractivity contribution in [1.82, 2.24) is 19.8 Å². The van der Waals surface area contributed by atoms with E-state index < -0.39 is 0 Å². The van der Waals surface area contributed by atoms with Crippen molar-refractivity contribution in [2.45, 2.75) is 38.8 Å². The third-order valence-corrected chi connectivity index (χ3v) is 5.04. The largest absolute Gasteiger partial charge is 0.351 e. The Labute approximate surface area is 153 Å². The van der Waals surface area contributed by atoms with Gasteiger partial charge in [-0.15, -0.1) is 0 Å². The maximum Gasteiger partial charge on any atom is 0.271 e. The first-order chi connectivity index (χ1) is 12.7. The Balaban J connectivity index is 1.70. The first-order valence-electron chi connectivity index (χ1n) is 9.39. The van der Waals surface area contributed by atoms with E-state index in [0.717, 1.165) is 30.7 Å². The summed E-state index contributed by atoms with van der Waals surface area (Å²) in [4.78, 5) is 31.8. The van der Waals surface area contributed by atoms with Crippen LogP contribution in [0.2, 0.25) is 0 Å². The molecule has 0 saturated heterocycles. The van der Waals surface area contributed by atoms with Crippen molar-refractivity contribution in [3.63, 3.8) is 0 Å². The molecule has 1 N–H and O–H groups in total. The second kappa shape index (κ2) is 6.94. The molecule has 1 fully saturated rings. The Bertz CT molecular complexity index is 810. The molecule has 1 aromatic carbocycles. The molecular weight excluding hydrogens is 328 g/mol. The minimum absolute atomic E-state index is 0.152. The van der Waals surface area contributed by atoms with E-state index in [-0.39, 0.29) is 23.8 Å². The summed E-state index contributed by atoms with van der Waals surface area (Å²) < 4.78 is 2.02. The number of fused-ring (bicyclic) bond motifs is 1. The molecular formula is C20H24N4O2. The Morgan fingerprint density at radius 3 is 2.65 bits per heavy atom. The molecule has 6 nitrogen and oxygen atoms in total. The molecule has 26 heavy (non-hydrogen) atoms. The van der Waals surface area contributed by atoms with Gasteiger partial charge in [-0.25, -0.2) is 4.98 Å². The van der Waals surface area contributed by atoms with Crippen LogP contribution in [0.3, 0.4) is 0 Å². The molecule has 136 valence electrons. The summed E-state index contributed by atoms with van der Waals surface area (Å²) in [7, 11) is 0. The van der Waals surface area contributed by atoms with E-state index in [1.807, 2.05) is 52.9 Å². The lowest BCUT2D eigenvalue weighted by Crippen LogP contribution is -2.43. The molecule has 4 rings (SSSR count). The summed E-state index contributed by atoms with van der Waals surface area (Å²) >= 11 is 0. The van der Waals surface area contributed by atoms with E-state index >= 15 is 0 Å². The van der Waals surface area contributed by atoms with Crippen LogP contribution in [-0.2, 0) is 11.3 Å². The normalized spacial score (nSPS) is 19.1. The summed E-state index contributed by atoms with van der Waals surface area (Å²) in [5.74, 6) is 0.999. The fraction of sp³-hybridized carbons (Fsp3) is 0.450. The number of nitrogens with one attached hydrogen (secondary N) is 1. The zero-order chi connectivity index (χ0) is 18.1. The van der Waals surface area contributed by atoms with Gasteiger partial charge < -0.3 is 14.8 Å². The van der Waals surface area contributed by atoms with Gasteiger partial charge in [0.15, 0.2) is 0 Å². The highest BCUT2D eigenvalue weighted by atomic mass is 16.2. The molecule has 1 aliphatic carbocycles. The summed E-state index contributed by atoms with van der Waals surface area (Å²) in [6.45, 7) is 3.97. The van der Waals surface area contributed by atoms with Crippen molar-refractivity contribution in [2.24, 2.45) is 5.92 Å². The van der Waals surface area contributed by atoms with Gasteiger partial charge in [-0.1, -0.05) is 37.3 Å². The maximum absolute atomic E-state index is 12.8. The van der Waals surface area contributed by atoms with Gasteiger partial charge in [0, 0.05) is 31.7 Å². The van der Waals surface area contributed by atoms with Crippen LogP contribution in [0.25, 0.3) is 0 Å². The SMILES string of the molecule is CCCNC(=O)c1cn2c(n1)C(c1ccccc1)N(C(=O)C1CC1)CC2. The number of hydrogen-bond acceptors (Lipinski definition) is 3.